The fourth-order valence-corrected chi connectivity index (χ4v) is 1.62. The highest BCUT2D eigenvalue weighted by Crippen LogP contribution is 2.10. The quantitative estimate of drug-likeness (QED) is 0.729. The van der Waals surface area contributed by atoms with E-state index >= 15 is 0 Å². The molecular formula is C11H10ClN3. The van der Waals surface area contributed by atoms with E-state index in [1.165, 1.54) is 0 Å². The Balaban J connectivity index is 2.25. The lowest BCUT2D eigenvalue weighted by Gasteiger charge is -2.01. The van der Waals surface area contributed by atoms with Crippen LogP contribution in [-0.2, 0) is 6.42 Å². The Kier molecular flexibility index (Phi) is 2.92. The van der Waals surface area contributed by atoms with E-state index in [2.05, 4.69) is 15.0 Å². The van der Waals surface area contributed by atoms with E-state index < -0.39 is 0 Å². The first-order valence-corrected chi connectivity index (χ1v) is 5.02. The van der Waals surface area contributed by atoms with Crippen LogP contribution in [0.2, 0.25) is 5.15 Å². The van der Waals surface area contributed by atoms with E-state index in [0.717, 1.165) is 11.4 Å². The van der Waals surface area contributed by atoms with Crippen molar-refractivity contribution in [3.63, 3.8) is 0 Å². The van der Waals surface area contributed by atoms with Gasteiger partial charge in [-0.2, -0.15) is 0 Å². The standard InChI is InChI=1S/C11H10ClN3/c1-8-14-10(7-11(12)15-8)6-9-4-2-3-5-13-9/h2-5,7H,6H2,1H3. The van der Waals surface area contributed by atoms with Crippen molar-refractivity contribution < 1.29 is 0 Å². The van der Waals surface area contributed by atoms with E-state index in [4.69, 9.17) is 11.6 Å². The number of halogens is 1. The fourth-order valence-electron chi connectivity index (χ4n) is 1.37. The SMILES string of the molecule is Cc1nc(Cl)cc(Cc2ccccn2)n1. The summed E-state index contributed by atoms with van der Waals surface area (Å²) in [5, 5.41) is 0.480. The Hall–Kier alpha value is -1.48. The molecule has 2 heterocycles. The second-order valence-corrected chi connectivity index (χ2v) is 3.61. The van der Waals surface area contributed by atoms with Gasteiger partial charge < -0.3 is 0 Å². The molecule has 0 saturated heterocycles. The van der Waals surface area contributed by atoms with Crippen molar-refractivity contribution in [1.29, 1.82) is 0 Å². The maximum absolute atomic E-state index is 5.84. The zero-order valence-corrected chi connectivity index (χ0v) is 9.07. The fraction of sp³-hybridized carbons (Fsp3) is 0.182. The summed E-state index contributed by atoms with van der Waals surface area (Å²) in [6, 6.07) is 7.58. The molecule has 2 aromatic rings. The molecular weight excluding hydrogens is 210 g/mol. The van der Waals surface area contributed by atoms with Gasteiger partial charge in [-0.15, -0.1) is 0 Å². The molecule has 2 aromatic heterocycles. The Morgan fingerprint density at radius 2 is 2.07 bits per heavy atom. The summed E-state index contributed by atoms with van der Waals surface area (Å²) in [5.74, 6) is 0.688. The predicted octanol–water partition coefficient (Wildman–Crippen LogP) is 2.42. The lowest BCUT2D eigenvalue weighted by atomic mass is 10.2. The molecule has 76 valence electrons. The molecule has 0 saturated carbocycles. The van der Waals surface area contributed by atoms with Gasteiger partial charge in [0.15, 0.2) is 0 Å². The molecule has 0 spiro atoms. The zero-order chi connectivity index (χ0) is 10.7. The molecule has 2 rings (SSSR count). The van der Waals surface area contributed by atoms with Gasteiger partial charge in [0.05, 0.1) is 5.69 Å². The normalized spacial score (nSPS) is 10.3. The summed E-state index contributed by atoms with van der Waals surface area (Å²) in [6.45, 7) is 1.83. The summed E-state index contributed by atoms with van der Waals surface area (Å²) in [6.07, 6.45) is 2.45. The molecule has 0 amide bonds. The maximum Gasteiger partial charge on any atom is 0.133 e. The van der Waals surface area contributed by atoms with Crippen molar-refractivity contribution >= 4 is 11.6 Å². The van der Waals surface area contributed by atoms with Gasteiger partial charge in [-0.3, -0.25) is 4.98 Å². The van der Waals surface area contributed by atoms with E-state index in [9.17, 15) is 0 Å². The van der Waals surface area contributed by atoms with Gasteiger partial charge in [0, 0.05) is 18.3 Å². The van der Waals surface area contributed by atoms with Gasteiger partial charge >= 0.3 is 0 Å². The van der Waals surface area contributed by atoms with Crippen molar-refractivity contribution in [2.24, 2.45) is 0 Å². The molecule has 15 heavy (non-hydrogen) atoms. The summed E-state index contributed by atoms with van der Waals surface area (Å²) in [5.41, 5.74) is 1.87. The van der Waals surface area contributed by atoms with Gasteiger partial charge in [-0.05, 0) is 25.1 Å². The molecule has 0 bridgehead atoms. The summed E-state index contributed by atoms with van der Waals surface area (Å²) in [7, 11) is 0. The zero-order valence-electron chi connectivity index (χ0n) is 8.31. The van der Waals surface area contributed by atoms with Crippen LogP contribution in [0, 0.1) is 6.92 Å². The van der Waals surface area contributed by atoms with E-state index in [0.29, 0.717) is 17.4 Å². The third-order valence-corrected chi connectivity index (χ3v) is 2.14. The first-order valence-electron chi connectivity index (χ1n) is 4.64. The molecule has 0 unspecified atom stereocenters. The third kappa shape index (κ3) is 2.73. The molecule has 0 atom stereocenters. The van der Waals surface area contributed by atoms with Gasteiger partial charge in [0.25, 0.3) is 0 Å². The molecule has 0 radical (unpaired) electrons. The van der Waals surface area contributed by atoms with Crippen LogP contribution in [0.5, 0.6) is 0 Å². The second kappa shape index (κ2) is 4.36. The monoisotopic (exact) mass is 219 g/mol. The van der Waals surface area contributed by atoms with Crippen molar-refractivity contribution in [2.75, 3.05) is 0 Å². The largest absolute Gasteiger partial charge is 0.261 e. The van der Waals surface area contributed by atoms with Crippen LogP contribution in [0.15, 0.2) is 30.5 Å². The van der Waals surface area contributed by atoms with Crippen LogP contribution in [0.4, 0.5) is 0 Å². The lowest BCUT2D eigenvalue weighted by Crippen LogP contribution is -1.98. The molecule has 4 heteroatoms. The molecule has 3 nitrogen and oxygen atoms in total. The van der Waals surface area contributed by atoms with Gasteiger partial charge in [0.2, 0.25) is 0 Å². The number of aryl methyl sites for hydroxylation is 1. The minimum atomic E-state index is 0.480. The summed E-state index contributed by atoms with van der Waals surface area (Å²) in [4.78, 5) is 12.5. The average molecular weight is 220 g/mol. The molecule has 0 fully saturated rings. The minimum Gasteiger partial charge on any atom is -0.261 e. The van der Waals surface area contributed by atoms with E-state index in [-0.39, 0.29) is 0 Å². The van der Waals surface area contributed by atoms with Gasteiger partial charge in [-0.25, -0.2) is 9.97 Å². The van der Waals surface area contributed by atoms with Gasteiger partial charge in [-0.1, -0.05) is 17.7 Å². The van der Waals surface area contributed by atoms with E-state index in [1.807, 2.05) is 25.1 Å². The van der Waals surface area contributed by atoms with Crippen LogP contribution < -0.4 is 0 Å². The predicted molar refractivity (Wildman–Crippen MR) is 58.8 cm³/mol. The molecule has 0 aliphatic rings. The molecule has 0 aromatic carbocycles. The number of rotatable bonds is 2. The number of hydrogen-bond donors (Lipinski definition) is 0. The first-order chi connectivity index (χ1) is 7.24. The maximum atomic E-state index is 5.84. The van der Waals surface area contributed by atoms with E-state index in [1.54, 1.807) is 12.3 Å². The number of pyridine rings is 1. The Morgan fingerprint density at radius 3 is 2.73 bits per heavy atom. The van der Waals surface area contributed by atoms with Crippen molar-refractivity contribution in [2.45, 2.75) is 13.3 Å². The topological polar surface area (TPSA) is 38.7 Å². The van der Waals surface area contributed by atoms with Crippen molar-refractivity contribution in [3.05, 3.63) is 52.8 Å². The number of nitrogens with zero attached hydrogens (tertiary/aromatic N) is 3. The number of hydrogen-bond acceptors (Lipinski definition) is 3. The average Bonchev–Trinajstić information content (AvgIpc) is 2.17. The molecule has 0 aliphatic carbocycles. The lowest BCUT2D eigenvalue weighted by molar-refractivity contribution is 0.946. The highest BCUT2D eigenvalue weighted by atomic mass is 35.5. The minimum absolute atomic E-state index is 0.480. The molecule has 0 aliphatic heterocycles. The smallest absolute Gasteiger partial charge is 0.133 e. The van der Waals surface area contributed by atoms with Crippen LogP contribution in [0.1, 0.15) is 17.2 Å². The van der Waals surface area contributed by atoms with Crippen molar-refractivity contribution in [1.82, 2.24) is 15.0 Å². The highest BCUT2D eigenvalue weighted by Gasteiger charge is 2.01. The van der Waals surface area contributed by atoms with Crippen LogP contribution in [0.3, 0.4) is 0 Å². The van der Waals surface area contributed by atoms with Crippen LogP contribution in [0.25, 0.3) is 0 Å². The summed E-state index contributed by atoms with van der Waals surface area (Å²) < 4.78 is 0. The van der Waals surface area contributed by atoms with Gasteiger partial charge in [0.1, 0.15) is 11.0 Å². The Morgan fingerprint density at radius 1 is 1.20 bits per heavy atom. The first kappa shape index (κ1) is 10.1. The number of aromatic nitrogens is 3. The van der Waals surface area contributed by atoms with Crippen LogP contribution in [-0.4, -0.2) is 15.0 Å². The van der Waals surface area contributed by atoms with Crippen LogP contribution >= 0.6 is 11.6 Å². The summed E-state index contributed by atoms with van der Waals surface area (Å²) >= 11 is 5.84. The second-order valence-electron chi connectivity index (χ2n) is 3.23. The highest BCUT2D eigenvalue weighted by molar-refractivity contribution is 6.29. The van der Waals surface area contributed by atoms with Crippen molar-refractivity contribution in [3.8, 4) is 0 Å². The Bertz CT molecular complexity index is 436. The Labute approximate surface area is 93.2 Å². The third-order valence-electron chi connectivity index (χ3n) is 1.95. The molecule has 0 N–H and O–H groups in total.